The summed E-state index contributed by atoms with van der Waals surface area (Å²) < 4.78 is 0. The normalized spacial score (nSPS) is 27.2. The molecule has 0 aromatic heterocycles. The fraction of sp³-hybridized carbons (Fsp3) is 0.0714. The van der Waals surface area contributed by atoms with Gasteiger partial charge in [0, 0.05) is 10.8 Å². The highest BCUT2D eigenvalue weighted by Crippen LogP contribution is 2.56. The molecule has 130 valence electrons. The third-order valence-corrected chi connectivity index (χ3v) is 7.00. The molecule has 0 heterocycles. The molecule has 7 rings (SSSR count). The van der Waals surface area contributed by atoms with Crippen molar-refractivity contribution < 1.29 is 0 Å². The van der Waals surface area contributed by atoms with Crippen molar-refractivity contribution in [2.45, 2.75) is 0 Å². The standard InChI is InChI=1S/C28H18/c1-2-9-21-17-28-13-6-5-11-26(28)24-15-19-7-3-4-10-22(19)23-12-14-27(28,18-25(23)24)16-20(21)8-1/h1-18H. The van der Waals surface area contributed by atoms with Crippen molar-refractivity contribution in [3.8, 4) is 0 Å². The Balaban J connectivity index is 1.78. The smallest absolute Gasteiger partial charge is 0.0491 e. The second kappa shape index (κ2) is 4.72. The second-order valence-electron chi connectivity index (χ2n) is 8.30. The molecular weight excluding hydrogens is 336 g/mol. The van der Waals surface area contributed by atoms with Gasteiger partial charge in [-0.1, -0.05) is 103 Å². The van der Waals surface area contributed by atoms with E-state index in [1.807, 2.05) is 0 Å². The van der Waals surface area contributed by atoms with Crippen molar-refractivity contribution in [2.75, 3.05) is 0 Å². The molecule has 0 aliphatic heterocycles. The first-order valence-electron chi connectivity index (χ1n) is 9.95. The minimum atomic E-state index is -0.167. The maximum absolute atomic E-state index is 2.52. The van der Waals surface area contributed by atoms with Crippen LogP contribution in [0, 0.1) is 10.8 Å². The van der Waals surface area contributed by atoms with Gasteiger partial charge in [0.05, 0.1) is 0 Å². The molecular formula is C28H18. The molecule has 0 saturated heterocycles. The Kier molecular flexibility index (Phi) is 2.47. The summed E-state index contributed by atoms with van der Waals surface area (Å²) in [6.07, 6.45) is 21.4. The number of rotatable bonds is 0. The predicted molar refractivity (Wildman–Crippen MR) is 118 cm³/mol. The van der Waals surface area contributed by atoms with Gasteiger partial charge < -0.3 is 0 Å². The van der Waals surface area contributed by atoms with Crippen LogP contribution in [0.1, 0.15) is 5.56 Å². The molecule has 2 bridgehead atoms. The third-order valence-electron chi connectivity index (χ3n) is 7.00. The van der Waals surface area contributed by atoms with Crippen LogP contribution in [0.15, 0.2) is 85.0 Å². The highest BCUT2D eigenvalue weighted by atomic mass is 14.5. The van der Waals surface area contributed by atoms with E-state index in [1.165, 1.54) is 42.8 Å². The van der Waals surface area contributed by atoms with Crippen LogP contribution in [0.4, 0.5) is 0 Å². The maximum Gasteiger partial charge on any atom is 0.0491 e. The molecule has 0 radical (unpaired) electrons. The van der Waals surface area contributed by atoms with E-state index in [2.05, 4.69) is 109 Å². The van der Waals surface area contributed by atoms with Gasteiger partial charge >= 0.3 is 0 Å². The van der Waals surface area contributed by atoms with Gasteiger partial charge in [-0.15, -0.1) is 0 Å². The predicted octanol–water partition coefficient (Wildman–Crippen LogP) is 3.19. The summed E-state index contributed by atoms with van der Waals surface area (Å²) in [5, 5.41) is 8.06. The van der Waals surface area contributed by atoms with Gasteiger partial charge in [0.25, 0.3) is 0 Å². The molecule has 4 aliphatic carbocycles. The summed E-state index contributed by atoms with van der Waals surface area (Å²) in [4.78, 5) is 0. The molecule has 0 nitrogen and oxygen atoms in total. The van der Waals surface area contributed by atoms with Crippen LogP contribution in [0.25, 0.3) is 40.6 Å². The van der Waals surface area contributed by atoms with Crippen molar-refractivity contribution in [2.24, 2.45) is 10.8 Å². The summed E-state index contributed by atoms with van der Waals surface area (Å²) in [5.41, 5.74) is 2.45. The third kappa shape index (κ3) is 1.55. The molecule has 4 aliphatic rings. The van der Waals surface area contributed by atoms with Crippen molar-refractivity contribution in [1.29, 1.82) is 0 Å². The van der Waals surface area contributed by atoms with E-state index in [-0.39, 0.29) is 10.8 Å². The maximum atomic E-state index is 2.52. The topological polar surface area (TPSA) is 0 Å². The Morgan fingerprint density at radius 3 is 2.43 bits per heavy atom. The fourth-order valence-electron chi connectivity index (χ4n) is 5.73. The number of benzene rings is 3. The van der Waals surface area contributed by atoms with E-state index < -0.39 is 0 Å². The Hall–Kier alpha value is -3.38. The van der Waals surface area contributed by atoms with Gasteiger partial charge in [-0.3, -0.25) is 0 Å². The number of fused-ring (bicyclic) bond motifs is 3. The first-order chi connectivity index (χ1) is 13.8. The van der Waals surface area contributed by atoms with Crippen LogP contribution in [-0.4, -0.2) is 0 Å². The van der Waals surface area contributed by atoms with E-state index in [0.29, 0.717) is 0 Å². The molecule has 0 amide bonds. The molecule has 2 unspecified atom stereocenters. The first kappa shape index (κ1) is 14.6. The second-order valence-corrected chi connectivity index (χ2v) is 8.30. The zero-order valence-corrected chi connectivity index (χ0v) is 15.4. The zero-order chi connectivity index (χ0) is 18.3. The molecule has 3 aromatic carbocycles. The van der Waals surface area contributed by atoms with E-state index >= 15 is 0 Å². The first-order valence-corrected chi connectivity index (χ1v) is 9.95. The highest BCUT2D eigenvalue weighted by Gasteiger charge is 2.50. The zero-order valence-electron chi connectivity index (χ0n) is 15.4. The number of hydrogen-bond acceptors (Lipinski definition) is 0. The molecule has 0 fully saturated rings. The van der Waals surface area contributed by atoms with Gasteiger partial charge in [0.2, 0.25) is 0 Å². The van der Waals surface area contributed by atoms with E-state index in [1.54, 1.807) is 0 Å². The molecule has 2 atom stereocenters. The van der Waals surface area contributed by atoms with E-state index in [4.69, 9.17) is 0 Å². The number of allylic oxidation sites excluding steroid dienone is 5. The quantitative estimate of drug-likeness (QED) is 0.582. The lowest BCUT2D eigenvalue weighted by molar-refractivity contribution is 0.491. The summed E-state index contributed by atoms with van der Waals surface area (Å²) >= 11 is 0. The average molecular weight is 354 g/mol. The van der Waals surface area contributed by atoms with Crippen molar-refractivity contribution in [3.05, 3.63) is 111 Å². The molecule has 0 N–H and O–H groups in total. The lowest BCUT2D eigenvalue weighted by Gasteiger charge is -2.49. The lowest BCUT2D eigenvalue weighted by atomic mass is 9.52. The number of hydrogen-bond donors (Lipinski definition) is 0. The SMILES string of the molecule is C1=CC2=c3cc4ccccc4c4c3=CC3(C=C4)C=c4ccccc4=CC23C=C1. The van der Waals surface area contributed by atoms with Crippen molar-refractivity contribution in [3.63, 3.8) is 0 Å². The molecule has 28 heavy (non-hydrogen) atoms. The Morgan fingerprint density at radius 2 is 1.50 bits per heavy atom. The van der Waals surface area contributed by atoms with Crippen LogP contribution in [-0.2, 0) is 0 Å². The monoisotopic (exact) mass is 354 g/mol. The summed E-state index contributed by atoms with van der Waals surface area (Å²) in [6.45, 7) is 0. The van der Waals surface area contributed by atoms with E-state index in [9.17, 15) is 0 Å². The van der Waals surface area contributed by atoms with Crippen LogP contribution in [0.5, 0.6) is 0 Å². The van der Waals surface area contributed by atoms with Gasteiger partial charge in [0.15, 0.2) is 0 Å². The van der Waals surface area contributed by atoms with E-state index in [0.717, 1.165) is 0 Å². The summed E-state index contributed by atoms with van der Waals surface area (Å²) in [7, 11) is 0. The lowest BCUT2D eigenvalue weighted by Crippen LogP contribution is -2.53. The van der Waals surface area contributed by atoms with Crippen LogP contribution < -0.4 is 20.9 Å². The van der Waals surface area contributed by atoms with Gasteiger partial charge in [-0.25, -0.2) is 0 Å². The summed E-state index contributed by atoms with van der Waals surface area (Å²) in [6, 6.07) is 19.9. The fourth-order valence-corrected chi connectivity index (χ4v) is 5.73. The largest absolute Gasteiger partial charge is 0.0687 e. The Bertz CT molecular complexity index is 1560. The van der Waals surface area contributed by atoms with Crippen molar-refractivity contribution >= 4 is 40.6 Å². The van der Waals surface area contributed by atoms with Gasteiger partial charge in [0.1, 0.15) is 0 Å². The van der Waals surface area contributed by atoms with Crippen LogP contribution in [0.2, 0.25) is 0 Å². The minimum absolute atomic E-state index is 0.152. The van der Waals surface area contributed by atoms with Crippen LogP contribution >= 0.6 is 0 Å². The molecule has 3 aromatic rings. The average Bonchev–Trinajstić information content (AvgIpc) is 2.74. The molecule has 0 saturated carbocycles. The molecule has 2 spiro atoms. The van der Waals surface area contributed by atoms with Gasteiger partial charge in [-0.05, 0) is 48.8 Å². The Morgan fingerprint density at radius 1 is 0.679 bits per heavy atom. The van der Waals surface area contributed by atoms with Crippen molar-refractivity contribution in [1.82, 2.24) is 0 Å². The highest BCUT2D eigenvalue weighted by molar-refractivity contribution is 5.97. The minimum Gasteiger partial charge on any atom is -0.0687 e. The summed E-state index contributed by atoms with van der Waals surface area (Å²) in [5.74, 6) is 0. The van der Waals surface area contributed by atoms with Gasteiger partial charge in [-0.2, -0.15) is 0 Å². The van der Waals surface area contributed by atoms with Crippen LogP contribution in [0.3, 0.4) is 0 Å². The Labute approximate surface area is 163 Å². The molecule has 0 heteroatoms.